The predicted molar refractivity (Wildman–Crippen MR) is 77.4 cm³/mol. The van der Waals surface area contributed by atoms with E-state index in [-0.39, 0.29) is 0 Å². The maximum Gasteiger partial charge on any atom is 0.0107 e. The lowest BCUT2D eigenvalue weighted by atomic mass is 10.2. The molecule has 0 aromatic heterocycles. The summed E-state index contributed by atoms with van der Waals surface area (Å²) in [4.78, 5) is 2.46. The molecule has 0 aliphatic heterocycles. The fraction of sp³-hybridized carbons (Fsp3) is 1.00. The number of hydrogen-bond donors (Lipinski definition) is 1. The highest BCUT2D eigenvalue weighted by Crippen LogP contribution is 2.09. The van der Waals surface area contributed by atoms with Crippen molar-refractivity contribution in [1.82, 2.24) is 10.2 Å². The number of nitrogens with zero attached hydrogens (tertiary/aromatic N) is 1. The smallest absolute Gasteiger partial charge is 0.0107 e. The molecule has 0 aromatic carbocycles. The fourth-order valence-corrected chi connectivity index (χ4v) is 2.54. The van der Waals surface area contributed by atoms with E-state index in [1.54, 1.807) is 0 Å². The SMILES string of the molecule is CCC(C)CSCCNCCN(CC)CC. The molecule has 98 valence electrons. The monoisotopic (exact) mass is 246 g/mol. The van der Waals surface area contributed by atoms with Gasteiger partial charge in [-0.2, -0.15) is 11.8 Å². The Morgan fingerprint density at radius 2 is 1.81 bits per heavy atom. The van der Waals surface area contributed by atoms with E-state index in [2.05, 4.69) is 49.7 Å². The molecule has 0 fully saturated rings. The van der Waals surface area contributed by atoms with Gasteiger partial charge in [0.15, 0.2) is 0 Å². The van der Waals surface area contributed by atoms with Gasteiger partial charge < -0.3 is 10.2 Å². The van der Waals surface area contributed by atoms with Crippen molar-refractivity contribution < 1.29 is 0 Å². The Bertz CT molecular complexity index is 138. The third-order valence-electron chi connectivity index (χ3n) is 3.02. The number of rotatable bonds is 11. The van der Waals surface area contributed by atoms with Crippen molar-refractivity contribution in [3.63, 3.8) is 0 Å². The van der Waals surface area contributed by atoms with Gasteiger partial charge in [-0.25, -0.2) is 0 Å². The Labute approximate surface area is 107 Å². The maximum absolute atomic E-state index is 3.51. The summed E-state index contributed by atoms with van der Waals surface area (Å²) in [5, 5.41) is 3.51. The number of likely N-dealkylation sites (N-methyl/N-ethyl adjacent to an activating group) is 1. The van der Waals surface area contributed by atoms with Crippen LogP contribution in [0.3, 0.4) is 0 Å². The average molecular weight is 246 g/mol. The van der Waals surface area contributed by atoms with Crippen molar-refractivity contribution in [2.45, 2.75) is 34.1 Å². The van der Waals surface area contributed by atoms with Crippen molar-refractivity contribution in [1.29, 1.82) is 0 Å². The van der Waals surface area contributed by atoms with E-state index in [1.165, 1.54) is 37.6 Å². The summed E-state index contributed by atoms with van der Waals surface area (Å²) in [5.74, 6) is 3.44. The predicted octanol–water partition coefficient (Wildman–Crippen LogP) is 2.70. The lowest BCUT2D eigenvalue weighted by Crippen LogP contribution is -2.32. The molecule has 1 unspecified atom stereocenters. The standard InChI is InChI=1S/C13H30N2S/c1-5-13(4)12-16-11-9-14-8-10-15(6-2)7-3/h13-14H,5-12H2,1-4H3. The van der Waals surface area contributed by atoms with Crippen molar-refractivity contribution in [2.24, 2.45) is 5.92 Å². The van der Waals surface area contributed by atoms with Gasteiger partial charge in [0.2, 0.25) is 0 Å². The van der Waals surface area contributed by atoms with Gasteiger partial charge in [0, 0.05) is 25.4 Å². The van der Waals surface area contributed by atoms with Crippen LogP contribution in [0.5, 0.6) is 0 Å². The van der Waals surface area contributed by atoms with Crippen LogP contribution in [0, 0.1) is 5.92 Å². The van der Waals surface area contributed by atoms with E-state index in [1.807, 2.05) is 0 Å². The molecule has 1 atom stereocenters. The van der Waals surface area contributed by atoms with Crippen LogP contribution in [0.1, 0.15) is 34.1 Å². The molecule has 0 rings (SSSR count). The number of nitrogens with one attached hydrogen (secondary N) is 1. The van der Waals surface area contributed by atoms with Crippen LogP contribution in [0.15, 0.2) is 0 Å². The summed E-state index contributed by atoms with van der Waals surface area (Å²) >= 11 is 2.08. The van der Waals surface area contributed by atoms with Crippen molar-refractivity contribution >= 4 is 11.8 Å². The fourth-order valence-electron chi connectivity index (χ4n) is 1.45. The first-order chi connectivity index (χ1) is 7.74. The minimum absolute atomic E-state index is 0.876. The van der Waals surface area contributed by atoms with E-state index in [9.17, 15) is 0 Å². The second-order valence-electron chi connectivity index (χ2n) is 4.37. The Morgan fingerprint density at radius 1 is 1.12 bits per heavy atom. The zero-order valence-corrected chi connectivity index (χ0v) is 12.4. The summed E-state index contributed by atoms with van der Waals surface area (Å²) in [6.07, 6.45) is 1.31. The number of hydrogen-bond acceptors (Lipinski definition) is 3. The molecule has 0 saturated carbocycles. The van der Waals surface area contributed by atoms with Gasteiger partial charge in [-0.05, 0) is 24.8 Å². The van der Waals surface area contributed by atoms with Crippen molar-refractivity contribution in [2.75, 3.05) is 44.2 Å². The lowest BCUT2D eigenvalue weighted by Gasteiger charge is -2.18. The van der Waals surface area contributed by atoms with Gasteiger partial charge in [-0.3, -0.25) is 0 Å². The summed E-state index contributed by atoms with van der Waals surface area (Å²) in [6, 6.07) is 0. The summed E-state index contributed by atoms with van der Waals surface area (Å²) in [5.41, 5.74) is 0. The van der Waals surface area contributed by atoms with Gasteiger partial charge in [-0.15, -0.1) is 0 Å². The molecule has 0 aromatic rings. The van der Waals surface area contributed by atoms with Crippen LogP contribution >= 0.6 is 11.8 Å². The molecule has 0 radical (unpaired) electrons. The molecule has 16 heavy (non-hydrogen) atoms. The normalized spacial score (nSPS) is 13.3. The molecule has 2 nitrogen and oxygen atoms in total. The van der Waals surface area contributed by atoms with Crippen molar-refractivity contribution in [3.8, 4) is 0 Å². The van der Waals surface area contributed by atoms with Crippen LogP contribution in [-0.2, 0) is 0 Å². The second kappa shape index (κ2) is 11.7. The second-order valence-corrected chi connectivity index (χ2v) is 5.52. The molecular formula is C13H30N2S. The zero-order valence-electron chi connectivity index (χ0n) is 11.6. The summed E-state index contributed by atoms with van der Waals surface area (Å²) < 4.78 is 0. The molecule has 0 saturated heterocycles. The quantitative estimate of drug-likeness (QED) is 0.564. The molecular weight excluding hydrogens is 216 g/mol. The van der Waals surface area contributed by atoms with E-state index in [0.29, 0.717) is 0 Å². The Morgan fingerprint density at radius 3 is 2.38 bits per heavy atom. The minimum atomic E-state index is 0.876. The van der Waals surface area contributed by atoms with Crippen molar-refractivity contribution in [3.05, 3.63) is 0 Å². The average Bonchev–Trinajstić information content (AvgIpc) is 2.32. The highest BCUT2D eigenvalue weighted by atomic mass is 32.2. The van der Waals surface area contributed by atoms with E-state index < -0.39 is 0 Å². The number of thioether (sulfide) groups is 1. The molecule has 0 aliphatic rings. The van der Waals surface area contributed by atoms with Crippen LogP contribution in [0.25, 0.3) is 0 Å². The molecule has 0 aliphatic carbocycles. The Hall–Kier alpha value is 0.270. The topological polar surface area (TPSA) is 15.3 Å². The first-order valence-electron chi connectivity index (χ1n) is 6.75. The molecule has 0 heterocycles. The lowest BCUT2D eigenvalue weighted by molar-refractivity contribution is 0.303. The summed E-state index contributed by atoms with van der Waals surface area (Å²) in [7, 11) is 0. The third-order valence-corrected chi connectivity index (χ3v) is 4.32. The molecule has 0 spiro atoms. The van der Waals surface area contributed by atoms with Crippen LogP contribution in [0.2, 0.25) is 0 Å². The third kappa shape index (κ3) is 9.49. The van der Waals surface area contributed by atoms with Crippen LogP contribution < -0.4 is 5.32 Å². The minimum Gasteiger partial charge on any atom is -0.315 e. The summed E-state index contributed by atoms with van der Waals surface area (Å²) in [6.45, 7) is 14.9. The molecule has 3 heteroatoms. The maximum atomic E-state index is 3.51. The van der Waals surface area contributed by atoms with Gasteiger partial charge in [0.1, 0.15) is 0 Å². The Kier molecular flexibility index (Phi) is 11.9. The first-order valence-corrected chi connectivity index (χ1v) is 7.90. The zero-order chi connectivity index (χ0) is 12.2. The van der Waals surface area contributed by atoms with Gasteiger partial charge in [0.05, 0.1) is 0 Å². The Balaban J connectivity index is 3.15. The van der Waals surface area contributed by atoms with Crippen LogP contribution in [-0.4, -0.2) is 49.1 Å². The van der Waals surface area contributed by atoms with Crippen LogP contribution in [0.4, 0.5) is 0 Å². The van der Waals surface area contributed by atoms with Gasteiger partial charge >= 0.3 is 0 Å². The van der Waals surface area contributed by atoms with Gasteiger partial charge in [0.25, 0.3) is 0 Å². The molecule has 0 amide bonds. The van der Waals surface area contributed by atoms with E-state index >= 15 is 0 Å². The largest absolute Gasteiger partial charge is 0.315 e. The highest BCUT2D eigenvalue weighted by molar-refractivity contribution is 7.99. The van der Waals surface area contributed by atoms with E-state index in [0.717, 1.165) is 19.0 Å². The van der Waals surface area contributed by atoms with E-state index in [4.69, 9.17) is 0 Å². The first kappa shape index (κ1) is 16.3. The molecule has 0 bridgehead atoms. The highest BCUT2D eigenvalue weighted by Gasteiger charge is 1.99. The van der Waals surface area contributed by atoms with Gasteiger partial charge in [-0.1, -0.05) is 34.1 Å². The molecule has 1 N–H and O–H groups in total.